The molecule has 1 amide bonds. The Morgan fingerprint density at radius 3 is 2.70 bits per heavy atom. The molecule has 0 radical (unpaired) electrons. The average molecular weight is 400 g/mol. The van der Waals surface area contributed by atoms with Crippen molar-refractivity contribution in [2.75, 3.05) is 5.32 Å². The standard InChI is InChI=1S/C18H16N4O3S2/c1-11-5-3-4-6-14(11)10-26-18-21-20-17(27-18)19-16(23)13-8-7-12(2)15(9-13)22(24)25/h3-9H,10H2,1-2H3,(H,19,20,23). The van der Waals surface area contributed by atoms with Gasteiger partial charge in [0.05, 0.1) is 4.92 Å². The zero-order valence-electron chi connectivity index (χ0n) is 14.6. The maximum atomic E-state index is 12.3. The van der Waals surface area contributed by atoms with Gasteiger partial charge in [-0.2, -0.15) is 0 Å². The lowest BCUT2D eigenvalue weighted by atomic mass is 10.1. The van der Waals surface area contributed by atoms with Gasteiger partial charge in [0.2, 0.25) is 5.13 Å². The van der Waals surface area contributed by atoms with Crippen LogP contribution in [0.25, 0.3) is 0 Å². The summed E-state index contributed by atoms with van der Waals surface area (Å²) in [4.78, 5) is 22.9. The minimum Gasteiger partial charge on any atom is -0.296 e. The molecule has 0 bridgehead atoms. The Balaban J connectivity index is 1.65. The van der Waals surface area contributed by atoms with E-state index in [-0.39, 0.29) is 11.3 Å². The van der Waals surface area contributed by atoms with Crippen molar-refractivity contribution < 1.29 is 9.72 Å². The first-order valence-corrected chi connectivity index (χ1v) is 9.81. The molecule has 138 valence electrons. The first kappa shape index (κ1) is 19.0. The first-order chi connectivity index (χ1) is 12.9. The molecule has 0 fully saturated rings. The number of hydrogen-bond donors (Lipinski definition) is 1. The predicted molar refractivity (Wildman–Crippen MR) is 106 cm³/mol. The van der Waals surface area contributed by atoms with Gasteiger partial charge in [-0.15, -0.1) is 10.2 Å². The molecule has 0 unspecified atom stereocenters. The van der Waals surface area contributed by atoms with Crippen molar-refractivity contribution in [3.05, 3.63) is 74.8 Å². The number of nitrogens with zero attached hydrogens (tertiary/aromatic N) is 3. The predicted octanol–water partition coefficient (Wildman–Crippen LogP) is 4.61. The number of anilines is 1. The number of aromatic nitrogens is 2. The molecule has 1 heterocycles. The van der Waals surface area contributed by atoms with E-state index in [9.17, 15) is 14.9 Å². The summed E-state index contributed by atoms with van der Waals surface area (Å²) in [6.45, 7) is 3.69. The summed E-state index contributed by atoms with van der Waals surface area (Å²) >= 11 is 2.81. The highest BCUT2D eigenvalue weighted by molar-refractivity contribution is 8.00. The topological polar surface area (TPSA) is 98.0 Å². The molecular weight excluding hydrogens is 384 g/mol. The van der Waals surface area contributed by atoms with Gasteiger partial charge in [0.1, 0.15) is 0 Å². The molecule has 0 saturated heterocycles. The van der Waals surface area contributed by atoms with Gasteiger partial charge in [-0.3, -0.25) is 20.2 Å². The van der Waals surface area contributed by atoms with Crippen LogP contribution < -0.4 is 5.32 Å². The fourth-order valence-corrected chi connectivity index (χ4v) is 4.17. The molecule has 3 rings (SSSR count). The molecule has 0 saturated carbocycles. The van der Waals surface area contributed by atoms with Crippen LogP contribution in [0.3, 0.4) is 0 Å². The summed E-state index contributed by atoms with van der Waals surface area (Å²) in [5.74, 6) is 0.309. The number of rotatable bonds is 6. The zero-order chi connectivity index (χ0) is 19.4. The second kappa shape index (κ2) is 8.28. The number of aryl methyl sites for hydroxylation is 2. The smallest absolute Gasteiger partial charge is 0.273 e. The third-order valence-electron chi connectivity index (χ3n) is 3.91. The van der Waals surface area contributed by atoms with Crippen LogP contribution >= 0.6 is 23.1 Å². The number of thioether (sulfide) groups is 1. The molecule has 0 aliphatic heterocycles. The van der Waals surface area contributed by atoms with Crippen molar-refractivity contribution in [1.82, 2.24) is 10.2 Å². The maximum Gasteiger partial charge on any atom is 0.273 e. The van der Waals surface area contributed by atoms with Crippen molar-refractivity contribution in [2.24, 2.45) is 0 Å². The van der Waals surface area contributed by atoms with E-state index < -0.39 is 10.8 Å². The number of nitro benzene ring substituents is 1. The molecule has 1 aromatic heterocycles. The van der Waals surface area contributed by atoms with E-state index in [1.807, 2.05) is 12.1 Å². The Bertz CT molecular complexity index is 1000. The molecule has 7 nitrogen and oxygen atoms in total. The summed E-state index contributed by atoms with van der Waals surface area (Å²) in [7, 11) is 0. The van der Waals surface area contributed by atoms with Gasteiger partial charge in [0, 0.05) is 22.9 Å². The summed E-state index contributed by atoms with van der Waals surface area (Å²) in [5, 5.41) is 22.1. The Kier molecular flexibility index (Phi) is 5.82. The van der Waals surface area contributed by atoms with E-state index >= 15 is 0 Å². The molecule has 3 aromatic rings. The maximum absolute atomic E-state index is 12.3. The van der Waals surface area contributed by atoms with Crippen molar-refractivity contribution in [3.8, 4) is 0 Å². The van der Waals surface area contributed by atoms with E-state index in [2.05, 4.69) is 34.6 Å². The number of nitrogens with one attached hydrogen (secondary N) is 1. The monoisotopic (exact) mass is 400 g/mol. The highest BCUT2D eigenvalue weighted by Gasteiger charge is 2.16. The van der Waals surface area contributed by atoms with Gasteiger partial charge in [-0.25, -0.2) is 0 Å². The minimum atomic E-state index is -0.503. The van der Waals surface area contributed by atoms with Gasteiger partial charge in [0.25, 0.3) is 11.6 Å². The quantitative estimate of drug-likeness (QED) is 0.281. The van der Waals surface area contributed by atoms with Crippen LogP contribution in [0.2, 0.25) is 0 Å². The third kappa shape index (κ3) is 4.69. The lowest BCUT2D eigenvalue weighted by Crippen LogP contribution is -2.12. The Morgan fingerprint density at radius 2 is 1.96 bits per heavy atom. The Labute approximate surface area is 164 Å². The highest BCUT2D eigenvalue weighted by atomic mass is 32.2. The Morgan fingerprint density at radius 1 is 1.19 bits per heavy atom. The van der Waals surface area contributed by atoms with Gasteiger partial charge >= 0.3 is 0 Å². The summed E-state index contributed by atoms with van der Waals surface area (Å²) in [6.07, 6.45) is 0. The van der Waals surface area contributed by atoms with Gasteiger partial charge in [-0.05, 0) is 31.0 Å². The largest absolute Gasteiger partial charge is 0.296 e. The molecule has 9 heteroatoms. The third-order valence-corrected chi connectivity index (χ3v) is 5.93. The van der Waals surface area contributed by atoms with E-state index in [1.165, 1.54) is 28.5 Å². The molecule has 27 heavy (non-hydrogen) atoms. The fraction of sp³-hybridized carbons (Fsp3) is 0.167. The van der Waals surface area contributed by atoms with Crippen LogP contribution in [0.4, 0.5) is 10.8 Å². The lowest BCUT2D eigenvalue weighted by Gasteiger charge is -2.03. The van der Waals surface area contributed by atoms with Gasteiger partial charge in [-0.1, -0.05) is 53.4 Å². The number of hydrogen-bond acceptors (Lipinski definition) is 7. The minimum absolute atomic E-state index is 0.0885. The number of amides is 1. The summed E-state index contributed by atoms with van der Waals surface area (Å²) in [6, 6.07) is 12.5. The van der Waals surface area contributed by atoms with Gasteiger partial charge < -0.3 is 0 Å². The first-order valence-electron chi connectivity index (χ1n) is 8.01. The van der Waals surface area contributed by atoms with Crippen LogP contribution in [0.5, 0.6) is 0 Å². The molecule has 2 aromatic carbocycles. The summed E-state index contributed by atoms with van der Waals surface area (Å²) in [5.41, 5.74) is 3.05. The molecule has 1 N–H and O–H groups in total. The number of nitro groups is 1. The second-order valence-electron chi connectivity index (χ2n) is 5.80. The SMILES string of the molecule is Cc1ccccc1CSc1nnc(NC(=O)c2ccc(C)c([N+](=O)[O-])c2)s1. The van der Waals surface area contributed by atoms with E-state index in [4.69, 9.17) is 0 Å². The fourth-order valence-electron chi connectivity index (χ4n) is 2.35. The molecule has 0 spiro atoms. The molecule has 0 aliphatic carbocycles. The van der Waals surface area contributed by atoms with E-state index in [1.54, 1.807) is 30.8 Å². The molecule has 0 atom stereocenters. The van der Waals surface area contributed by atoms with Crippen LogP contribution in [-0.4, -0.2) is 21.0 Å². The van der Waals surface area contributed by atoms with Gasteiger partial charge in [0.15, 0.2) is 4.34 Å². The number of carbonyl (C=O) groups is 1. The lowest BCUT2D eigenvalue weighted by molar-refractivity contribution is -0.385. The van der Waals surface area contributed by atoms with Crippen molar-refractivity contribution in [2.45, 2.75) is 23.9 Å². The highest BCUT2D eigenvalue weighted by Crippen LogP contribution is 2.29. The van der Waals surface area contributed by atoms with E-state index in [0.29, 0.717) is 10.7 Å². The van der Waals surface area contributed by atoms with Crippen molar-refractivity contribution in [1.29, 1.82) is 0 Å². The van der Waals surface area contributed by atoms with Crippen molar-refractivity contribution >= 4 is 39.8 Å². The zero-order valence-corrected chi connectivity index (χ0v) is 16.3. The Hall–Kier alpha value is -2.78. The normalized spacial score (nSPS) is 10.6. The molecular formula is C18H16N4O3S2. The van der Waals surface area contributed by atoms with Crippen LogP contribution in [0.1, 0.15) is 27.0 Å². The average Bonchev–Trinajstić information content (AvgIpc) is 3.08. The number of benzene rings is 2. The van der Waals surface area contributed by atoms with Crippen LogP contribution in [-0.2, 0) is 5.75 Å². The van der Waals surface area contributed by atoms with Crippen LogP contribution in [0, 0.1) is 24.0 Å². The summed E-state index contributed by atoms with van der Waals surface area (Å²) < 4.78 is 0.739. The van der Waals surface area contributed by atoms with E-state index in [0.717, 1.165) is 10.1 Å². The second-order valence-corrected chi connectivity index (χ2v) is 8.00. The van der Waals surface area contributed by atoms with Crippen LogP contribution in [0.15, 0.2) is 46.8 Å². The molecule has 0 aliphatic rings. The van der Waals surface area contributed by atoms with Crippen molar-refractivity contribution in [3.63, 3.8) is 0 Å². The number of carbonyl (C=O) groups excluding carboxylic acids is 1.